The summed E-state index contributed by atoms with van der Waals surface area (Å²) in [7, 11) is 1.71. The third-order valence-electron chi connectivity index (χ3n) is 5.40. The third-order valence-corrected chi connectivity index (χ3v) is 5.40. The summed E-state index contributed by atoms with van der Waals surface area (Å²) in [6.45, 7) is 3.17. The minimum atomic E-state index is 0.496. The molecule has 0 spiro atoms. The number of benzene rings is 1. The molecule has 28 heavy (non-hydrogen) atoms. The van der Waals surface area contributed by atoms with Crippen molar-refractivity contribution in [2.24, 2.45) is 0 Å². The first kappa shape index (κ1) is 18.6. The van der Waals surface area contributed by atoms with Gasteiger partial charge >= 0.3 is 0 Å². The van der Waals surface area contributed by atoms with Gasteiger partial charge in [-0.05, 0) is 60.8 Å². The van der Waals surface area contributed by atoms with Gasteiger partial charge in [0.25, 0.3) is 0 Å². The standard InChI is InChI=1S/C24H27N3O/c1-28-23-10-2-6-19(15-23)14-22-9-3-11-24(26-22)21-8-5-13-27(18-21)17-20-7-4-12-25-16-20/h2-4,6-7,9-12,15-16,21H,5,8,13-14,17-18H2,1H3/t21-/m0/s1. The minimum Gasteiger partial charge on any atom is -0.497 e. The van der Waals surface area contributed by atoms with Gasteiger partial charge in [-0.2, -0.15) is 0 Å². The van der Waals surface area contributed by atoms with Gasteiger partial charge in [0.15, 0.2) is 0 Å². The van der Waals surface area contributed by atoms with Gasteiger partial charge in [-0.15, -0.1) is 0 Å². The monoisotopic (exact) mass is 373 g/mol. The van der Waals surface area contributed by atoms with E-state index in [1.54, 1.807) is 7.11 Å². The number of piperidine rings is 1. The molecule has 4 heteroatoms. The molecule has 0 bridgehead atoms. The van der Waals surface area contributed by atoms with Crippen LogP contribution in [-0.4, -0.2) is 35.1 Å². The number of likely N-dealkylation sites (tertiary alicyclic amines) is 1. The molecule has 1 aliphatic heterocycles. The molecular formula is C24H27N3O. The lowest BCUT2D eigenvalue weighted by atomic mass is 9.93. The molecule has 3 aromatic rings. The van der Waals surface area contributed by atoms with Crippen LogP contribution in [0.5, 0.6) is 5.75 Å². The first-order valence-corrected chi connectivity index (χ1v) is 10.00. The summed E-state index contributed by atoms with van der Waals surface area (Å²) in [5.41, 5.74) is 4.85. The van der Waals surface area contributed by atoms with E-state index in [0.717, 1.165) is 37.5 Å². The fourth-order valence-corrected chi connectivity index (χ4v) is 4.01. The zero-order chi connectivity index (χ0) is 19.2. The van der Waals surface area contributed by atoms with Crippen molar-refractivity contribution in [1.29, 1.82) is 0 Å². The number of hydrogen-bond acceptors (Lipinski definition) is 4. The van der Waals surface area contributed by atoms with Crippen molar-refractivity contribution in [1.82, 2.24) is 14.9 Å². The van der Waals surface area contributed by atoms with Crippen LogP contribution < -0.4 is 4.74 Å². The molecule has 0 amide bonds. The minimum absolute atomic E-state index is 0.496. The van der Waals surface area contributed by atoms with E-state index in [2.05, 4.69) is 46.3 Å². The van der Waals surface area contributed by atoms with Gasteiger partial charge in [0.05, 0.1) is 7.11 Å². The van der Waals surface area contributed by atoms with Crippen LogP contribution in [0.15, 0.2) is 67.0 Å². The van der Waals surface area contributed by atoms with Crippen molar-refractivity contribution < 1.29 is 4.74 Å². The Morgan fingerprint density at radius 3 is 2.82 bits per heavy atom. The molecule has 0 unspecified atom stereocenters. The highest BCUT2D eigenvalue weighted by atomic mass is 16.5. The van der Waals surface area contributed by atoms with E-state index in [-0.39, 0.29) is 0 Å². The van der Waals surface area contributed by atoms with Crippen LogP contribution in [0.25, 0.3) is 0 Å². The molecule has 2 aromatic heterocycles. The Balaban J connectivity index is 1.44. The Morgan fingerprint density at radius 2 is 1.96 bits per heavy atom. The maximum atomic E-state index is 5.34. The van der Waals surface area contributed by atoms with Crippen molar-refractivity contribution in [3.8, 4) is 5.75 Å². The second-order valence-corrected chi connectivity index (χ2v) is 7.52. The van der Waals surface area contributed by atoms with E-state index in [9.17, 15) is 0 Å². The first-order chi connectivity index (χ1) is 13.8. The van der Waals surface area contributed by atoms with Gasteiger partial charge in [0.2, 0.25) is 0 Å². The normalized spacial score (nSPS) is 17.4. The molecule has 1 saturated heterocycles. The van der Waals surface area contributed by atoms with Crippen LogP contribution in [0, 0.1) is 0 Å². The summed E-state index contributed by atoms with van der Waals surface area (Å²) >= 11 is 0. The zero-order valence-electron chi connectivity index (χ0n) is 16.4. The zero-order valence-corrected chi connectivity index (χ0v) is 16.4. The van der Waals surface area contributed by atoms with E-state index in [1.807, 2.05) is 30.6 Å². The quantitative estimate of drug-likeness (QED) is 0.640. The van der Waals surface area contributed by atoms with Crippen LogP contribution in [0.4, 0.5) is 0 Å². The Bertz CT molecular complexity index is 897. The van der Waals surface area contributed by atoms with E-state index in [4.69, 9.17) is 9.72 Å². The van der Waals surface area contributed by atoms with Gasteiger partial charge in [-0.1, -0.05) is 24.3 Å². The molecule has 1 aromatic carbocycles. The lowest BCUT2D eigenvalue weighted by Crippen LogP contribution is -2.34. The molecule has 144 valence electrons. The Labute approximate surface area is 167 Å². The number of hydrogen-bond donors (Lipinski definition) is 0. The summed E-state index contributed by atoms with van der Waals surface area (Å²) in [4.78, 5) is 11.8. The van der Waals surface area contributed by atoms with Crippen molar-refractivity contribution in [3.63, 3.8) is 0 Å². The molecule has 1 aliphatic rings. The Morgan fingerprint density at radius 1 is 1.07 bits per heavy atom. The first-order valence-electron chi connectivity index (χ1n) is 10.00. The number of ether oxygens (including phenoxy) is 1. The molecule has 4 rings (SSSR count). The van der Waals surface area contributed by atoms with E-state index in [0.29, 0.717) is 5.92 Å². The molecule has 1 fully saturated rings. The maximum Gasteiger partial charge on any atom is 0.119 e. The van der Waals surface area contributed by atoms with E-state index >= 15 is 0 Å². The molecule has 1 atom stereocenters. The summed E-state index contributed by atoms with van der Waals surface area (Å²) in [6.07, 6.45) is 7.06. The molecule has 0 radical (unpaired) electrons. The Hall–Kier alpha value is -2.72. The van der Waals surface area contributed by atoms with Gasteiger partial charge in [0.1, 0.15) is 5.75 Å². The van der Waals surface area contributed by atoms with Crippen molar-refractivity contribution >= 4 is 0 Å². The fourth-order valence-electron chi connectivity index (χ4n) is 4.01. The van der Waals surface area contributed by atoms with E-state index in [1.165, 1.54) is 29.7 Å². The molecule has 3 heterocycles. The number of rotatable bonds is 6. The van der Waals surface area contributed by atoms with Gasteiger partial charge in [0, 0.05) is 49.2 Å². The molecule has 0 N–H and O–H groups in total. The average molecular weight is 374 g/mol. The SMILES string of the molecule is COc1cccc(Cc2cccc([C@H]3CCCN(Cc4cccnc4)C3)n2)c1. The number of aromatic nitrogens is 2. The van der Waals surface area contributed by atoms with Crippen molar-refractivity contribution in [2.75, 3.05) is 20.2 Å². The van der Waals surface area contributed by atoms with Gasteiger partial charge in [-0.3, -0.25) is 14.9 Å². The van der Waals surface area contributed by atoms with Crippen molar-refractivity contribution in [3.05, 3.63) is 89.5 Å². The smallest absolute Gasteiger partial charge is 0.119 e. The molecule has 0 saturated carbocycles. The summed E-state index contributed by atoms with van der Waals surface area (Å²) in [5, 5.41) is 0. The molecule has 0 aliphatic carbocycles. The van der Waals surface area contributed by atoms with Crippen LogP contribution >= 0.6 is 0 Å². The Kier molecular flexibility index (Phi) is 5.98. The van der Waals surface area contributed by atoms with Crippen LogP contribution in [0.2, 0.25) is 0 Å². The predicted molar refractivity (Wildman–Crippen MR) is 112 cm³/mol. The fraction of sp³-hybridized carbons (Fsp3) is 0.333. The maximum absolute atomic E-state index is 5.34. The topological polar surface area (TPSA) is 38.2 Å². The second kappa shape index (κ2) is 8.98. The van der Waals surface area contributed by atoms with Gasteiger partial charge < -0.3 is 4.74 Å². The van der Waals surface area contributed by atoms with Crippen LogP contribution in [0.3, 0.4) is 0 Å². The van der Waals surface area contributed by atoms with E-state index < -0.39 is 0 Å². The largest absolute Gasteiger partial charge is 0.497 e. The molecule has 4 nitrogen and oxygen atoms in total. The highest BCUT2D eigenvalue weighted by Crippen LogP contribution is 2.27. The number of nitrogens with zero attached hydrogens (tertiary/aromatic N) is 3. The number of methoxy groups -OCH3 is 1. The molecular weight excluding hydrogens is 346 g/mol. The van der Waals surface area contributed by atoms with Crippen molar-refractivity contribution in [2.45, 2.75) is 31.7 Å². The summed E-state index contributed by atoms with van der Waals surface area (Å²) in [5.74, 6) is 1.39. The predicted octanol–water partition coefficient (Wildman–Crippen LogP) is 4.46. The second-order valence-electron chi connectivity index (χ2n) is 7.52. The highest BCUT2D eigenvalue weighted by molar-refractivity contribution is 5.31. The highest BCUT2D eigenvalue weighted by Gasteiger charge is 2.22. The third kappa shape index (κ3) is 4.76. The van der Waals surface area contributed by atoms with Crippen LogP contribution in [0.1, 0.15) is 41.3 Å². The number of pyridine rings is 2. The van der Waals surface area contributed by atoms with Gasteiger partial charge in [-0.25, -0.2) is 0 Å². The lowest BCUT2D eigenvalue weighted by Gasteiger charge is -2.32. The summed E-state index contributed by atoms with van der Waals surface area (Å²) < 4.78 is 5.34. The van der Waals surface area contributed by atoms with Crippen LogP contribution in [-0.2, 0) is 13.0 Å². The average Bonchev–Trinajstić information content (AvgIpc) is 2.75. The summed E-state index contributed by atoms with van der Waals surface area (Å²) in [6, 6.07) is 18.9. The lowest BCUT2D eigenvalue weighted by molar-refractivity contribution is 0.198.